The molecule has 19 heavy (non-hydrogen) atoms. The van der Waals surface area contributed by atoms with Gasteiger partial charge in [0.05, 0.1) is 5.02 Å². The molecule has 1 aliphatic rings. The van der Waals surface area contributed by atoms with E-state index in [9.17, 15) is 0 Å². The number of hydrogen-bond donors (Lipinski definition) is 2. The van der Waals surface area contributed by atoms with Gasteiger partial charge in [-0.15, -0.1) is 0 Å². The highest BCUT2D eigenvalue weighted by Gasteiger charge is 2.37. The van der Waals surface area contributed by atoms with Gasteiger partial charge in [-0.3, -0.25) is 0 Å². The minimum atomic E-state index is 0.0305. The Morgan fingerprint density at radius 1 is 1.26 bits per heavy atom. The fraction of sp³-hybridized carbons (Fsp3) is 0.600. The lowest BCUT2D eigenvalue weighted by molar-refractivity contribution is 0.182. The maximum absolute atomic E-state index is 6.04. The van der Waals surface area contributed by atoms with E-state index in [0.29, 0.717) is 12.0 Å². The first-order valence-electron chi connectivity index (χ1n) is 6.79. The summed E-state index contributed by atoms with van der Waals surface area (Å²) in [5, 5.41) is 4.37. The lowest BCUT2D eigenvalue weighted by atomic mass is 9.69. The van der Waals surface area contributed by atoms with Gasteiger partial charge in [-0.05, 0) is 65.2 Å². The Morgan fingerprint density at radius 3 is 2.42 bits per heavy atom. The number of benzene rings is 1. The molecular weight excluding hydrogens is 324 g/mol. The van der Waals surface area contributed by atoms with Crippen molar-refractivity contribution in [1.82, 2.24) is 0 Å². The largest absolute Gasteiger partial charge is 0.378 e. The average Bonchev–Trinajstić information content (AvgIpc) is 2.37. The molecule has 1 aromatic carbocycles. The molecule has 0 heterocycles. The Labute approximate surface area is 129 Å². The fourth-order valence-electron chi connectivity index (χ4n) is 2.67. The molecule has 0 unspecified atom stereocenters. The summed E-state index contributed by atoms with van der Waals surface area (Å²) in [6, 6.07) is 5.95. The van der Waals surface area contributed by atoms with Crippen LogP contribution in [0.25, 0.3) is 0 Å². The highest BCUT2D eigenvalue weighted by atomic mass is 79.9. The molecule has 0 aromatic heterocycles. The number of anilines is 1. The van der Waals surface area contributed by atoms with Crippen LogP contribution in [0.15, 0.2) is 22.7 Å². The zero-order valence-electron chi connectivity index (χ0n) is 11.6. The predicted octanol–water partition coefficient (Wildman–Crippen LogP) is 4.81. The third-order valence-electron chi connectivity index (χ3n) is 4.28. The van der Waals surface area contributed by atoms with Gasteiger partial charge in [-0.1, -0.05) is 25.4 Å². The molecule has 4 heteroatoms. The summed E-state index contributed by atoms with van der Waals surface area (Å²) in [5.74, 6) is 0. The highest BCUT2D eigenvalue weighted by molar-refractivity contribution is 9.10. The second-order valence-corrected chi connectivity index (χ2v) is 7.66. The fourth-order valence-corrected chi connectivity index (χ4v) is 3.16. The molecule has 0 bridgehead atoms. The molecule has 106 valence electrons. The molecule has 0 aliphatic heterocycles. The summed E-state index contributed by atoms with van der Waals surface area (Å²) in [6.07, 6.45) is 4.67. The monoisotopic (exact) mass is 344 g/mol. The Hall–Kier alpha value is -0.250. The Kier molecular flexibility index (Phi) is 4.49. The molecular formula is C15H22BrClN2. The van der Waals surface area contributed by atoms with Crippen LogP contribution in [0, 0.1) is 5.41 Å². The molecule has 0 atom stereocenters. The molecule has 0 saturated heterocycles. The summed E-state index contributed by atoms with van der Waals surface area (Å²) in [5.41, 5.74) is 7.60. The first-order chi connectivity index (χ1) is 8.86. The van der Waals surface area contributed by atoms with Gasteiger partial charge < -0.3 is 11.1 Å². The van der Waals surface area contributed by atoms with E-state index in [2.05, 4.69) is 35.1 Å². The Bertz CT molecular complexity index is 449. The van der Waals surface area contributed by atoms with E-state index in [1.807, 2.05) is 18.2 Å². The third kappa shape index (κ3) is 3.65. The molecule has 0 radical (unpaired) electrons. The minimum absolute atomic E-state index is 0.0305. The van der Waals surface area contributed by atoms with Gasteiger partial charge in [0.1, 0.15) is 0 Å². The van der Waals surface area contributed by atoms with E-state index in [1.165, 1.54) is 12.8 Å². The van der Waals surface area contributed by atoms with Crippen molar-refractivity contribution in [2.45, 2.75) is 45.1 Å². The quantitative estimate of drug-likeness (QED) is 0.825. The summed E-state index contributed by atoms with van der Waals surface area (Å²) in [4.78, 5) is 0. The van der Waals surface area contributed by atoms with Crippen LogP contribution in [0.4, 0.5) is 5.69 Å². The third-order valence-corrected chi connectivity index (χ3v) is 5.49. The number of rotatable bonds is 3. The lowest BCUT2D eigenvalue weighted by Gasteiger charge is -2.44. The standard InChI is InChI=1S/C15H22BrClN2/c1-14(2)5-7-15(10-18,8-6-14)19-11-3-4-13(17)12(16)9-11/h3-4,9,19H,5-8,10,18H2,1-2H3. The Morgan fingerprint density at radius 2 is 1.89 bits per heavy atom. The number of halogens is 2. The zero-order valence-corrected chi connectivity index (χ0v) is 13.9. The topological polar surface area (TPSA) is 38.0 Å². The minimum Gasteiger partial charge on any atom is -0.378 e. The smallest absolute Gasteiger partial charge is 0.0549 e. The van der Waals surface area contributed by atoms with Crippen LogP contribution in [0.3, 0.4) is 0 Å². The molecule has 2 rings (SSSR count). The molecule has 1 fully saturated rings. The predicted molar refractivity (Wildman–Crippen MR) is 86.8 cm³/mol. The molecule has 2 nitrogen and oxygen atoms in total. The molecule has 1 saturated carbocycles. The maximum Gasteiger partial charge on any atom is 0.0549 e. The number of nitrogens with one attached hydrogen (secondary N) is 1. The van der Waals surface area contributed by atoms with Gasteiger partial charge in [-0.2, -0.15) is 0 Å². The van der Waals surface area contributed by atoms with Crippen molar-refractivity contribution in [2.24, 2.45) is 11.1 Å². The van der Waals surface area contributed by atoms with Gasteiger partial charge in [0, 0.05) is 22.2 Å². The van der Waals surface area contributed by atoms with Crippen LogP contribution in [0.2, 0.25) is 5.02 Å². The number of nitrogens with two attached hydrogens (primary N) is 1. The van der Waals surface area contributed by atoms with E-state index < -0.39 is 0 Å². The van der Waals surface area contributed by atoms with Crippen molar-refractivity contribution in [3.8, 4) is 0 Å². The van der Waals surface area contributed by atoms with Gasteiger partial charge in [0.25, 0.3) is 0 Å². The van der Waals surface area contributed by atoms with Gasteiger partial charge in [0.2, 0.25) is 0 Å². The summed E-state index contributed by atoms with van der Waals surface area (Å²) >= 11 is 9.50. The van der Waals surface area contributed by atoms with E-state index >= 15 is 0 Å². The van der Waals surface area contributed by atoms with Crippen LogP contribution < -0.4 is 11.1 Å². The highest BCUT2D eigenvalue weighted by Crippen LogP contribution is 2.41. The lowest BCUT2D eigenvalue weighted by Crippen LogP contribution is -2.49. The molecule has 0 amide bonds. The van der Waals surface area contributed by atoms with Crippen molar-refractivity contribution in [2.75, 3.05) is 11.9 Å². The maximum atomic E-state index is 6.04. The van der Waals surface area contributed by atoms with Crippen LogP contribution in [0.1, 0.15) is 39.5 Å². The van der Waals surface area contributed by atoms with Crippen molar-refractivity contribution < 1.29 is 0 Å². The SMILES string of the molecule is CC1(C)CCC(CN)(Nc2ccc(Cl)c(Br)c2)CC1. The zero-order chi connectivity index (χ0) is 14.1. The summed E-state index contributed by atoms with van der Waals surface area (Å²) < 4.78 is 0.919. The van der Waals surface area contributed by atoms with Crippen molar-refractivity contribution in [1.29, 1.82) is 0 Å². The molecule has 3 N–H and O–H groups in total. The normalized spacial score (nSPS) is 21.1. The van der Waals surface area contributed by atoms with Crippen LogP contribution >= 0.6 is 27.5 Å². The second kappa shape index (κ2) is 5.63. The molecule has 0 spiro atoms. The Balaban J connectivity index is 2.13. The summed E-state index contributed by atoms with van der Waals surface area (Å²) in [7, 11) is 0. The van der Waals surface area contributed by atoms with Gasteiger partial charge >= 0.3 is 0 Å². The number of hydrogen-bond acceptors (Lipinski definition) is 2. The van der Waals surface area contributed by atoms with Gasteiger partial charge in [0.15, 0.2) is 0 Å². The van der Waals surface area contributed by atoms with Crippen LogP contribution in [-0.4, -0.2) is 12.1 Å². The van der Waals surface area contributed by atoms with E-state index in [0.717, 1.165) is 28.0 Å². The van der Waals surface area contributed by atoms with Crippen molar-refractivity contribution in [3.05, 3.63) is 27.7 Å². The second-order valence-electron chi connectivity index (χ2n) is 6.40. The average molecular weight is 346 g/mol. The molecule has 1 aliphatic carbocycles. The van der Waals surface area contributed by atoms with Crippen molar-refractivity contribution in [3.63, 3.8) is 0 Å². The first-order valence-corrected chi connectivity index (χ1v) is 7.96. The van der Waals surface area contributed by atoms with E-state index in [1.54, 1.807) is 0 Å². The van der Waals surface area contributed by atoms with E-state index in [-0.39, 0.29) is 5.54 Å². The first kappa shape index (κ1) is 15.1. The molecule has 1 aromatic rings. The van der Waals surface area contributed by atoms with Gasteiger partial charge in [-0.25, -0.2) is 0 Å². The van der Waals surface area contributed by atoms with E-state index in [4.69, 9.17) is 17.3 Å². The summed E-state index contributed by atoms with van der Waals surface area (Å²) in [6.45, 7) is 5.35. The van der Waals surface area contributed by atoms with Crippen LogP contribution in [0.5, 0.6) is 0 Å². The van der Waals surface area contributed by atoms with Crippen LogP contribution in [-0.2, 0) is 0 Å². The van der Waals surface area contributed by atoms with Crippen molar-refractivity contribution >= 4 is 33.2 Å².